The van der Waals surface area contributed by atoms with Crippen LogP contribution >= 0.6 is 0 Å². The lowest BCUT2D eigenvalue weighted by atomic mass is 9.98. The molecule has 5 heteroatoms. The molecule has 0 aromatic heterocycles. The zero-order valence-corrected chi connectivity index (χ0v) is 12.9. The van der Waals surface area contributed by atoms with Gasteiger partial charge in [0.1, 0.15) is 11.9 Å². The molecule has 0 spiro atoms. The molecule has 1 N–H and O–H groups in total. The molecule has 22 heavy (non-hydrogen) atoms. The molecule has 0 bridgehead atoms. The SMILES string of the molecule is CC(C)[C@@H]1C(=O)NCCN1C(=O)[C@H]1C[C@H]1c1ccc(F)cc1. The predicted molar refractivity (Wildman–Crippen MR) is 80.6 cm³/mol. The first-order chi connectivity index (χ1) is 10.5. The van der Waals surface area contributed by atoms with Gasteiger partial charge >= 0.3 is 0 Å². The molecule has 1 saturated carbocycles. The van der Waals surface area contributed by atoms with Gasteiger partial charge in [-0.15, -0.1) is 0 Å². The molecular weight excluding hydrogens is 283 g/mol. The summed E-state index contributed by atoms with van der Waals surface area (Å²) in [5.41, 5.74) is 1.00. The summed E-state index contributed by atoms with van der Waals surface area (Å²) in [6, 6.07) is 5.98. The summed E-state index contributed by atoms with van der Waals surface area (Å²) in [5.74, 6) is -0.0907. The van der Waals surface area contributed by atoms with Crippen LogP contribution < -0.4 is 5.32 Å². The minimum atomic E-state index is -0.379. The molecule has 3 atom stereocenters. The molecule has 1 saturated heterocycles. The number of piperazine rings is 1. The van der Waals surface area contributed by atoms with E-state index in [0.717, 1.165) is 12.0 Å². The van der Waals surface area contributed by atoms with Crippen LogP contribution in [0.25, 0.3) is 0 Å². The Morgan fingerprint density at radius 3 is 2.64 bits per heavy atom. The third-order valence-corrected chi connectivity index (χ3v) is 4.58. The van der Waals surface area contributed by atoms with Crippen LogP contribution in [-0.2, 0) is 9.59 Å². The van der Waals surface area contributed by atoms with Gasteiger partial charge in [0, 0.05) is 19.0 Å². The molecule has 2 aliphatic rings. The van der Waals surface area contributed by atoms with Gasteiger partial charge in [-0.05, 0) is 36.0 Å². The van der Waals surface area contributed by atoms with E-state index in [1.54, 1.807) is 17.0 Å². The van der Waals surface area contributed by atoms with Crippen molar-refractivity contribution in [1.82, 2.24) is 10.2 Å². The highest BCUT2D eigenvalue weighted by Gasteiger charge is 2.48. The molecule has 1 aromatic rings. The summed E-state index contributed by atoms with van der Waals surface area (Å²) < 4.78 is 13.0. The maximum Gasteiger partial charge on any atom is 0.243 e. The van der Waals surface area contributed by atoms with Crippen molar-refractivity contribution in [3.8, 4) is 0 Å². The first-order valence-electron chi connectivity index (χ1n) is 7.82. The summed E-state index contributed by atoms with van der Waals surface area (Å²) in [7, 11) is 0. The molecule has 3 rings (SSSR count). The van der Waals surface area contributed by atoms with Gasteiger partial charge in [-0.1, -0.05) is 26.0 Å². The Morgan fingerprint density at radius 1 is 1.32 bits per heavy atom. The Hall–Kier alpha value is -1.91. The van der Waals surface area contributed by atoms with Gasteiger partial charge in [0.15, 0.2) is 0 Å². The molecule has 4 nitrogen and oxygen atoms in total. The monoisotopic (exact) mass is 304 g/mol. The van der Waals surface area contributed by atoms with E-state index in [2.05, 4.69) is 5.32 Å². The van der Waals surface area contributed by atoms with Crippen LogP contribution in [0, 0.1) is 17.7 Å². The number of benzene rings is 1. The van der Waals surface area contributed by atoms with Crippen LogP contribution in [0.4, 0.5) is 4.39 Å². The Bertz CT molecular complexity index is 585. The van der Waals surface area contributed by atoms with Crippen molar-refractivity contribution in [3.05, 3.63) is 35.6 Å². The number of halogens is 1. The van der Waals surface area contributed by atoms with E-state index in [0.29, 0.717) is 13.1 Å². The zero-order valence-electron chi connectivity index (χ0n) is 12.9. The van der Waals surface area contributed by atoms with E-state index in [1.807, 2.05) is 13.8 Å². The van der Waals surface area contributed by atoms with Gasteiger partial charge in [0.2, 0.25) is 11.8 Å². The van der Waals surface area contributed by atoms with Crippen LogP contribution in [0.15, 0.2) is 24.3 Å². The van der Waals surface area contributed by atoms with Gasteiger partial charge in [0.05, 0.1) is 0 Å². The third-order valence-electron chi connectivity index (χ3n) is 4.58. The fourth-order valence-corrected chi connectivity index (χ4v) is 3.35. The number of carbonyl (C=O) groups is 2. The molecule has 1 aliphatic heterocycles. The number of nitrogens with one attached hydrogen (secondary N) is 1. The average Bonchev–Trinajstić information content (AvgIpc) is 3.27. The minimum absolute atomic E-state index is 0.0582. The van der Waals surface area contributed by atoms with Crippen molar-refractivity contribution in [2.45, 2.75) is 32.2 Å². The normalized spacial score (nSPS) is 27.7. The van der Waals surface area contributed by atoms with Gasteiger partial charge in [0.25, 0.3) is 0 Å². The fourth-order valence-electron chi connectivity index (χ4n) is 3.35. The minimum Gasteiger partial charge on any atom is -0.353 e. The fraction of sp³-hybridized carbons (Fsp3) is 0.529. The zero-order chi connectivity index (χ0) is 15.9. The van der Waals surface area contributed by atoms with Crippen LogP contribution in [0.3, 0.4) is 0 Å². The van der Waals surface area contributed by atoms with Gasteiger partial charge in [-0.2, -0.15) is 0 Å². The number of carbonyl (C=O) groups excluding carboxylic acids is 2. The van der Waals surface area contributed by atoms with Crippen molar-refractivity contribution in [3.63, 3.8) is 0 Å². The topological polar surface area (TPSA) is 49.4 Å². The highest BCUT2D eigenvalue weighted by Crippen LogP contribution is 2.48. The summed E-state index contributed by atoms with van der Waals surface area (Å²) in [5, 5.41) is 2.83. The largest absolute Gasteiger partial charge is 0.353 e. The van der Waals surface area contributed by atoms with Crippen molar-refractivity contribution >= 4 is 11.8 Å². The van der Waals surface area contributed by atoms with Crippen molar-refractivity contribution < 1.29 is 14.0 Å². The Morgan fingerprint density at radius 2 is 2.00 bits per heavy atom. The highest BCUT2D eigenvalue weighted by atomic mass is 19.1. The summed E-state index contributed by atoms with van der Waals surface area (Å²) in [6.07, 6.45) is 0.785. The quantitative estimate of drug-likeness (QED) is 0.927. The maximum absolute atomic E-state index is 13.0. The Balaban J connectivity index is 1.72. The molecule has 0 radical (unpaired) electrons. The van der Waals surface area contributed by atoms with Gasteiger partial charge in [-0.25, -0.2) is 4.39 Å². The lowest BCUT2D eigenvalue weighted by Crippen LogP contribution is -2.59. The summed E-state index contributed by atoms with van der Waals surface area (Å²) in [6.45, 7) is 5.00. The molecule has 1 heterocycles. The van der Waals surface area contributed by atoms with E-state index in [-0.39, 0.29) is 41.4 Å². The number of nitrogens with zero attached hydrogens (tertiary/aromatic N) is 1. The second-order valence-electron chi connectivity index (χ2n) is 6.51. The maximum atomic E-state index is 13.0. The molecular formula is C17H21FN2O2. The van der Waals surface area contributed by atoms with Gasteiger partial charge < -0.3 is 10.2 Å². The molecule has 2 amide bonds. The first kappa shape index (κ1) is 15.0. The predicted octanol–water partition coefficient (Wildman–Crippen LogP) is 1.91. The third kappa shape index (κ3) is 2.72. The molecule has 118 valence electrons. The van der Waals surface area contributed by atoms with E-state index in [9.17, 15) is 14.0 Å². The van der Waals surface area contributed by atoms with Crippen LogP contribution in [0.5, 0.6) is 0 Å². The number of amides is 2. The van der Waals surface area contributed by atoms with E-state index in [4.69, 9.17) is 0 Å². The second-order valence-corrected chi connectivity index (χ2v) is 6.51. The van der Waals surface area contributed by atoms with Crippen molar-refractivity contribution in [1.29, 1.82) is 0 Å². The van der Waals surface area contributed by atoms with Crippen molar-refractivity contribution in [2.75, 3.05) is 13.1 Å². The molecule has 2 fully saturated rings. The Labute approximate surface area is 129 Å². The van der Waals surface area contributed by atoms with Crippen LogP contribution in [0.2, 0.25) is 0 Å². The summed E-state index contributed by atoms with van der Waals surface area (Å²) in [4.78, 5) is 26.5. The van der Waals surface area contributed by atoms with E-state index >= 15 is 0 Å². The standard InChI is InChI=1S/C17H21FN2O2/c1-10(2)15-16(21)19-7-8-20(15)17(22)14-9-13(14)11-3-5-12(18)6-4-11/h3-6,10,13-15H,7-9H2,1-2H3,(H,19,21)/t13-,14-,15+/m0/s1. The van der Waals surface area contributed by atoms with Gasteiger partial charge in [-0.3, -0.25) is 9.59 Å². The lowest BCUT2D eigenvalue weighted by Gasteiger charge is -2.37. The molecule has 1 aromatic carbocycles. The highest BCUT2D eigenvalue weighted by molar-refractivity contribution is 5.91. The Kier molecular flexibility index (Phi) is 3.89. The van der Waals surface area contributed by atoms with E-state index in [1.165, 1.54) is 12.1 Å². The second kappa shape index (κ2) is 5.71. The van der Waals surface area contributed by atoms with E-state index < -0.39 is 0 Å². The molecule has 0 unspecified atom stereocenters. The number of hydrogen-bond acceptors (Lipinski definition) is 2. The smallest absolute Gasteiger partial charge is 0.243 e. The summed E-state index contributed by atoms with van der Waals surface area (Å²) >= 11 is 0. The first-order valence-corrected chi connectivity index (χ1v) is 7.82. The number of hydrogen-bond donors (Lipinski definition) is 1. The lowest BCUT2D eigenvalue weighted by molar-refractivity contribution is -0.146. The van der Waals surface area contributed by atoms with Crippen molar-refractivity contribution in [2.24, 2.45) is 11.8 Å². The number of rotatable bonds is 3. The molecule has 1 aliphatic carbocycles. The van der Waals surface area contributed by atoms with Crippen LogP contribution in [0.1, 0.15) is 31.7 Å². The van der Waals surface area contributed by atoms with Crippen LogP contribution in [-0.4, -0.2) is 35.8 Å². The average molecular weight is 304 g/mol.